The van der Waals surface area contributed by atoms with Crippen LogP contribution in [-0.4, -0.2) is 68.0 Å². The van der Waals surface area contributed by atoms with Gasteiger partial charge < -0.3 is 19.9 Å². The maximum absolute atomic E-state index is 12.3. The van der Waals surface area contributed by atoms with Crippen LogP contribution in [0.4, 0.5) is 0 Å². The molecule has 0 aromatic heterocycles. The van der Waals surface area contributed by atoms with Crippen LogP contribution in [-0.2, 0) is 4.79 Å². The number of amides is 1. The van der Waals surface area contributed by atoms with Gasteiger partial charge in [0.05, 0.1) is 13.2 Å². The molecule has 1 aromatic carbocycles. The number of unbranched alkanes of at least 4 members (excludes halogenated alkanes) is 1. The zero-order valence-corrected chi connectivity index (χ0v) is 20.4. The third-order valence-electron chi connectivity index (χ3n) is 4.29. The Morgan fingerprint density at radius 3 is 2.32 bits per heavy atom. The van der Waals surface area contributed by atoms with Crippen LogP contribution < -0.4 is 10.1 Å². The second-order valence-corrected chi connectivity index (χ2v) is 6.53. The third-order valence-corrected chi connectivity index (χ3v) is 4.29. The van der Waals surface area contributed by atoms with Gasteiger partial charge in [-0.2, -0.15) is 0 Å². The maximum Gasteiger partial charge on any atom is 0.242 e. The summed E-state index contributed by atoms with van der Waals surface area (Å²) in [5, 5.41) is 3.26. The Hall–Kier alpha value is -1.51. The molecule has 0 radical (unpaired) electrons. The molecule has 0 saturated heterocycles. The van der Waals surface area contributed by atoms with Gasteiger partial charge in [0.2, 0.25) is 5.91 Å². The number of carbonyl (C=O) groups is 1. The zero-order chi connectivity index (χ0) is 20.1. The summed E-state index contributed by atoms with van der Waals surface area (Å²) < 4.78 is 5.74. The molecular weight excluding hydrogens is 467 g/mol. The number of halogens is 1. The van der Waals surface area contributed by atoms with Gasteiger partial charge in [0.1, 0.15) is 5.75 Å². The molecule has 1 aromatic rings. The first-order chi connectivity index (χ1) is 13.0. The van der Waals surface area contributed by atoms with E-state index in [0.29, 0.717) is 19.7 Å². The van der Waals surface area contributed by atoms with E-state index in [2.05, 4.69) is 29.4 Å². The molecule has 6 nitrogen and oxygen atoms in total. The highest BCUT2D eigenvalue weighted by molar-refractivity contribution is 14.0. The van der Waals surface area contributed by atoms with Crippen LogP contribution in [0.1, 0.15) is 39.2 Å². The Balaban J connectivity index is 0.00000729. The van der Waals surface area contributed by atoms with Crippen LogP contribution in [0.15, 0.2) is 29.3 Å². The average Bonchev–Trinajstić information content (AvgIpc) is 2.66. The monoisotopic (exact) mass is 504 g/mol. The van der Waals surface area contributed by atoms with E-state index < -0.39 is 0 Å². The van der Waals surface area contributed by atoms with E-state index in [1.807, 2.05) is 49.8 Å². The highest BCUT2D eigenvalue weighted by Crippen LogP contribution is 2.11. The number of carbonyl (C=O) groups excluding carboxylic acids is 1. The lowest BCUT2D eigenvalue weighted by Crippen LogP contribution is -2.45. The third kappa shape index (κ3) is 10.1. The van der Waals surface area contributed by atoms with Crippen LogP contribution >= 0.6 is 24.0 Å². The van der Waals surface area contributed by atoms with Gasteiger partial charge >= 0.3 is 0 Å². The fourth-order valence-electron chi connectivity index (χ4n) is 2.65. The van der Waals surface area contributed by atoms with Crippen molar-refractivity contribution in [2.75, 3.05) is 46.4 Å². The largest absolute Gasteiger partial charge is 0.494 e. The molecule has 0 atom stereocenters. The Kier molecular flexibility index (Phi) is 14.6. The number of ether oxygens (including phenoxy) is 1. The molecule has 0 saturated carbocycles. The number of likely N-dealkylation sites (N-methyl/N-ethyl adjacent to an activating group) is 2. The maximum atomic E-state index is 12.3. The van der Waals surface area contributed by atoms with E-state index >= 15 is 0 Å². The zero-order valence-electron chi connectivity index (χ0n) is 18.0. The average molecular weight is 504 g/mol. The van der Waals surface area contributed by atoms with E-state index in [1.165, 1.54) is 5.56 Å². The SMILES string of the molecule is CCNC(=NCCCCOc1ccc(C)cc1)N(C)CC(=O)N(CC)CC.I. The predicted molar refractivity (Wildman–Crippen MR) is 128 cm³/mol. The van der Waals surface area contributed by atoms with Crippen molar-refractivity contribution in [1.82, 2.24) is 15.1 Å². The van der Waals surface area contributed by atoms with Crippen LogP contribution in [0.3, 0.4) is 0 Å². The van der Waals surface area contributed by atoms with Crippen LogP contribution in [0.25, 0.3) is 0 Å². The first-order valence-corrected chi connectivity index (χ1v) is 9.98. The Morgan fingerprint density at radius 2 is 1.75 bits per heavy atom. The second kappa shape index (κ2) is 15.4. The minimum absolute atomic E-state index is 0. The Bertz CT molecular complexity index is 574. The molecule has 1 rings (SSSR count). The van der Waals surface area contributed by atoms with Gasteiger partial charge in [-0.05, 0) is 52.7 Å². The number of hydrogen-bond donors (Lipinski definition) is 1. The summed E-state index contributed by atoms with van der Waals surface area (Å²) in [7, 11) is 1.91. The first-order valence-electron chi connectivity index (χ1n) is 9.98. The highest BCUT2D eigenvalue weighted by Gasteiger charge is 2.14. The van der Waals surface area contributed by atoms with Gasteiger partial charge in [-0.15, -0.1) is 24.0 Å². The van der Waals surface area contributed by atoms with Gasteiger partial charge in [0.15, 0.2) is 5.96 Å². The standard InChI is InChI=1S/C21H36N4O2.HI/c1-6-22-21(24(5)17-20(26)25(7-2)8-3)23-15-9-10-16-27-19-13-11-18(4)12-14-19;/h11-14H,6-10,15-17H2,1-5H3,(H,22,23);1H. The van der Waals surface area contributed by atoms with Crippen LogP contribution in [0, 0.1) is 6.92 Å². The molecule has 0 bridgehead atoms. The topological polar surface area (TPSA) is 57.2 Å². The van der Waals surface area contributed by atoms with Crippen molar-refractivity contribution in [3.05, 3.63) is 29.8 Å². The first kappa shape index (κ1) is 26.5. The summed E-state index contributed by atoms with van der Waals surface area (Å²) in [6, 6.07) is 8.10. The summed E-state index contributed by atoms with van der Waals surface area (Å²) in [5.41, 5.74) is 1.23. The van der Waals surface area contributed by atoms with Crippen molar-refractivity contribution in [3.8, 4) is 5.75 Å². The van der Waals surface area contributed by atoms with E-state index in [4.69, 9.17) is 4.74 Å². The van der Waals surface area contributed by atoms with Crippen molar-refractivity contribution in [2.45, 2.75) is 40.5 Å². The predicted octanol–water partition coefficient (Wildman–Crippen LogP) is 3.54. The molecule has 0 unspecified atom stereocenters. The normalized spacial score (nSPS) is 10.8. The molecule has 1 amide bonds. The number of hydrogen-bond acceptors (Lipinski definition) is 3. The van der Waals surface area contributed by atoms with Crippen molar-refractivity contribution in [1.29, 1.82) is 0 Å². The molecule has 1 N–H and O–H groups in total. The lowest BCUT2D eigenvalue weighted by atomic mass is 10.2. The van der Waals surface area contributed by atoms with Crippen molar-refractivity contribution >= 4 is 35.8 Å². The van der Waals surface area contributed by atoms with E-state index in [-0.39, 0.29) is 29.9 Å². The summed E-state index contributed by atoms with van der Waals surface area (Å²) in [4.78, 5) is 20.7. The smallest absolute Gasteiger partial charge is 0.242 e. The number of aryl methyl sites for hydroxylation is 1. The lowest BCUT2D eigenvalue weighted by molar-refractivity contribution is -0.131. The van der Waals surface area contributed by atoms with Crippen molar-refractivity contribution in [2.24, 2.45) is 4.99 Å². The number of nitrogens with zero attached hydrogens (tertiary/aromatic N) is 3. The number of aliphatic imine (C=N–C) groups is 1. The van der Waals surface area contributed by atoms with Gasteiger partial charge in [-0.1, -0.05) is 17.7 Å². The summed E-state index contributed by atoms with van der Waals surface area (Å²) in [6.45, 7) is 12.1. The van der Waals surface area contributed by atoms with Crippen LogP contribution in [0.2, 0.25) is 0 Å². The molecule has 160 valence electrons. The molecule has 28 heavy (non-hydrogen) atoms. The molecule has 0 aliphatic heterocycles. The minimum Gasteiger partial charge on any atom is -0.494 e. The van der Waals surface area contributed by atoms with Gasteiger partial charge in [-0.25, -0.2) is 0 Å². The molecule has 0 aliphatic carbocycles. The van der Waals surface area contributed by atoms with Crippen molar-refractivity contribution in [3.63, 3.8) is 0 Å². The van der Waals surface area contributed by atoms with Gasteiger partial charge in [0, 0.05) is 33.2 Å². The quantitative estimate of drug-likeness (QED) is 0.217. The summed E-state index contributed by atoms with van der Waals surface area (Å²) >= 11 is 0. The second-order valence-electron chi connectivity index (χ2n) is 6.53. The number of rotatable bonds is 11. The Labute approximate surface area is 187 Å². The molecule has 0 aliphatic rings. The number of guanidine groups is 1. The Morgan fingerprint density at radius 1 is 1.11 bits per heavy atom. The molecule has 0 heterocycles. The van der Waals surface area contributed by atoms with E-state index in [0.717, 1.165) is 44.2 Å². The number of nitrogens with one attached hydrogen (secondary N) is 1. The van der Waals surface area contributed by atoms with Crippen LogP contribution in [0.5, 0.6) is 5.75 Å². The van der Waals surface area contributed by atoms with Gasteiger partial charge in [0.25, 0.3) is 0 Å². The fraction of sp³-hybridized carbons (Fsp3) is 0.619. The van der Waals surface area contributed by atoms with Gasteiger partial charge in [-0.3, -0.25) is 9.79 Å². The molecule has 0 spiro atoms. The minimum atomic E-state index is 0. The lowest BCUT2D eigenvalue weighted by Gasteiger charge is -2.25. The summed E-state index contributed by atoms with van der Waals surface area (Å²) in [5.74, 6) is 1.81. The van der Waals surface area contributed by atoms with E-state index in [9.17, 15) is 4.79 Å². The highest BCUT2D eigenvalue weighted by atomic mass is 127. The number of benzene rings is 1. The molecule has 0 fully saturated rings. The van der Waals surface area contributed by atoms with E-state index in [1.54, 1.807) is 0 Å². The molecular formula is C21H37IN4O2. The molecule has 7 heteroatoms. The van der Waals surface area contributed by atoms with Crippen molar-refractivity contribution < 1.29 is 9.53 Å². The summed E-state index contributed by atoms with van der Waals surface area (Å²) in [6.07, 6.45) is 1.89. The fourth-order valence-corrected chi connectivity index (χ4v) is 2.65.